The van der Waals surface area contributed by atoms with Gasteiger partial charge in [0.05, 0.1) is 28.7 Å². The first kappa shape index (κ1) is 12.0. The number of hydrogen-bond donors (Lipinski definition) is 2. The van der Waals surface area contributed by atoms with Gasteiger partial charge in [-0.25, -0.2) is 0 Å². The van der Waals surface area contributed by atoms with Crippen molar-refractivity contribution in [3.63, 3.8) is 0 Å². The molecular formula is C13H15N5. The number of hydrogen-bond acceptors (Lipinski definition) is 4. The minimum absolute atomic E-state index is 0.601. The molecule has 0 unspecified atom stereocenters. The van der Waals surface area contributed by atoms with Gasteiger partial charge in [0, 0.05) is 26.2 Å². The fourth-order valence-corrected chi connectivity index (χ4v) is 1.70. The molecule has 0 radical (unpaired) electrons. The Morgan fingerprint density at radius 3 is 2.94 bits per heavy atom. The second-order valence-electron chi connectivity index (χ2n) is 4.07. The number of benzene rings is 1. The van der Waals surface area contributed by atoms with Crippen LogP contribution in [0.5, 0.6) is 0 Å². The van der Waals surface area contributed by atoms with Crippen LogP contribution in [0.2, 0.25) is 0 Å². The Bertz CT molecular complexity index is 579. The van der Waals surface area contributed by atoms with E-state index < -0.39 is 0 Å². The lowest BCUT2D eigenvalue weighted by Gasteiger charge is -2.08. The van der Waals surface area contributed by atoms with Crippen LogP contribution in [0.15, 0.2) is 30.5 Å². The molecule has 2 rings (SSSR count). The molecule has 0 spiro atoms. The zero-order valence-corrected chi connectivity index (χ0v) is 10.2. The summed E-state index contributed by atoms with van der Waals surface area (Å²) < 4.78 is 1.78. The molecule has 1 heterocycles. The third kappa shape index (κ3) is 2.80. The van der Waals surface area contributed by atoms with E-state index in [-0.39, 0.29) is 0 Å². The third-order valence-corrected chi connectivity index (χ3v) is 2.65. The van der Waals surface area contributed by atoms with Crippen LogP contribution in [-0.2, 0) is 13.5 Å². The van der Waals surface area contributed by atoms with Gasteiger partial charge in [-0.2, -0.15) is 10.4 Å². The summed E-state index contributed by atoms with van der Waals surface area (Å²) >= 11 is 0. The van der Waals surface area contributed by atoms with Crippen LogP contribution in [0, 0.1) is 11.3 Å². The van der Waals surface area contributed by atoms with Gasteiger partial charge in [0.1, 0.15) is 0 Å². The van der Waals surface area contributed by atoms with Crippen LogP contribution in [0.4, 0.5) is 11.4 Å². The van der Waals surface area contributed by atoms with Crippen molar-refractivity contribution in [2.24, 2.45) is 7.05 Å². The predicted octanol–water partition coefficient (Wildman–Crippen LogP) is 1.53. The number of nitrogens with one attached hydrogen (secondary N) is 1. The van der Waals surface area contributed by atoms with Gasteiger partial charge in [-0.1, -0.05) is 0 Å². The van der Waals surface area contributed by atoms with Crippen LogP contribution >= 0.6 is 0 Å². The molecule has 92 valence electrons. The summed E-state index contributed by atoms with van der Waals surface area (Å²) in [5.74, 6) is 0. The monoisotopic (exact) mass is 241 g/mol. The quantitative estimate of drug-likeness (QED) is 0.795. The number of rotatable bonds is 4. The van der Waals surface area contributed by atoms with Crippen LogP contribution in [0.3, 0.4) is 0 Å². The van der Waals surface area contributed by atoms with Crippen molar-refractivity contribution in [3.05, 3.63) is 41.7 Å². The van der Waals surface area contributed by atoms with Gasteiger partial charge in [0.15, 0.2) is 0 Å². The molecule has 18 heavy (non-hydrogen) atoms. The van der Waals surface area contributed by atoms with E-state index in [4.69, 9.17) is 11.0 Å². The van der Waals surface area contributed by atoms with Gasteiger partial charge in [0.25, 0.3) is 0 Å². The molecule has 0 saturated carbocycles. The summed E-state index contributed by atoms with van der Waals surface area (Å²) in [5, 5.41) is 16.3. The Labute approximate surface area is 106 Å². The van der Waals surface area contributed by atoms with Crippen molar-refractivity contribution in [1.82, 2.24) is 9.78 Å². The van der Waals surface area contributed by atoms with Crippen molar-refractivity contribution < 1.29 is 0 Å². The predicted molar refractivity (Wildman–Crippen MR) is 71.0 cm³/mol. The Kier molecular flexibility index (Phi) is 3.49. The number of nitrogens with zero attached hydrogens (tertiary/aromatic N) is 3. The molecule has 0 aliphatic rings. The number of nitriles is 1. The SMILES string of the molecule is Cn1ccc(CCNc2cc(C#N)ccc2N)n1. The lowest BCUT2D eigenvalue weighted by atomic mass is 10.2. The van der Waals surface area contributed by atoms with Crippen molar-refractivity contribution in [2.45, 2.75) is 6.42 Å². The van der Waals surface area contributed by atoms with Gasteiger partial charge in [-0.3, -0.25) is 4.68 Å². The average molecular weight is 241 g/mol. The summed E-state index contributed by atoms with van der Waals surface area (Å²) in [5.41, 5.74) is 8.91. The molecule has 0 amide bonds. The molecule has 0 fully saturated rings. The van der Waals surface area contributed by atoms with Crippen molar-refractivity contribution in [2.75, 3.05) is 17.6 Å². The highest BCUT2D eigenvalue weighted by molar-refractivity contribution is 5.68. The van der Waals surface area contributed by atoms with Gasteiger partial charge >= 0.3 is 0 Å². The van der Waals surface area contributed by atoms with E-state index in [9.17, 15) is 0 Å². The fourth-order valence-electron chi connectivity index (χ4n) is 1.70. The highest BCUT2D eigenvalue weighted by atomic mass is 15.2. The fraction of sp³-hybridized carbons (Fsp3) is 0.231. The van der Waals surface area contributed by atoms with E-state index in [0.717, 1.165) is 24.3 Å². The Balaban J connectivity index is 1.96. The average Bonchev–Trinajstić information content (AvgIpc) is 2.77. The Morgan fingerprint density at radius 1 is 1.44 bits per heavy atom. The highest BCUT2D eigenvalue weighted by Gasteiger charge is 2.01. The molecule has 0 bridgehead atoms. The minimum atomic E-state index is 0.601. The maximum absolute atomic E-state index is 8.83. The van der Waals surface area contributed by atoms with Crippen molar-refractivity contribution >= 4 is 11.4 Å². The summed E-state index contributed by atoms with van der Waals surface area (Å²) in [6, 6.07) is 9.28. The molecule has 0 aliphatic heterocycles. The number of nitrogen functional groups attached to an aromatic ring is 1. The number of aromatic nitrogens is 2. The molecule has 0 saturated heterocycles. The molecular weight excluding hydrogens is 226 g/mol. The summed E-state index contributed by atoms with van der Waals surface area (Å²) in [6.07, 6.45) is 2.73. The van der Waals surface area contributed by atoms with E-state index in [1.807, 2.05) is 19.3 Å². The molecule has 3 N–H and O–H groups in total. The molecule has 0 aliphatic carbocycles. The van der Waals surface area contributed by atoms with Crippen LogP contribution < -0.4 is 11.1 Å². The van der Waals surface area contributed by atoms with Gasteiger partial charge in [-0.15, -0.1) is 0 Å². The van der Waals surface area contributed by atoms with E-state index in [1.54, 1.807) is 22.9 Å². The Morgan fingerprint density at radius 2 is 2.28 bits per heavy atom. The summed E-state index contributed by atoms with van der Waals surface area (Å²) in [4.78, 5) is 0. The van der Waals surface area contributed by atoms with Gasteiger partial charge < -0.3 is 11.1 Å². The minimum Gasteiger partial charge on any atom is -0.397 e. The van der Waals surface area contributed by atoms with Crippen molar-refractivity contribution in [1.29, 1.82) is 5.26 Å². The second kappa shape index (κ2) is 5.23. The van der Waals surface area contributed by atoms with E-state index in [0.29, 0.717) is 11.3 Å². The van der Waals surface area contributed by atoms with Crippen LogP contribution in [0.1, 0.15) is 11.3 Å². The largest absolute Gasteiger partial charge is 0.397 e. The van der Waals surface area contributed by atoms with Crippen molar-refractivity contribution in [3.8, 4) is 6.07 Å². The standard InChI is InChI=1S/C13H15N5/c1-18-7-5-11(17-18)4-6-16-13-8-10(9-14)2-3-12(13)15/h2-3,5,7-8,16H,4,6,15H2,1H3. The number of nitrogens with two attached hydrogens (primary N) is 1. The first-order valence-corrected chi connectivity index (χ1v) is 5.71. The first-order chi connectivity index (χ1) is 8.69. The Hall–Kier alpha value is -2.48. The normalized spacial score (nSPS) is 10.0. The maximum atomic E-state index is 8.83. The lowest BCUT2D eigenvalue weighted by molar-refractivity contribution is 0.742. The second-order valence-corrected chi connectivity index (χ2v) is 4.07. The number of aryl methyl sites for hydroxylation is 1. The molecule has 1 aromatic heterocycles. The van der Waals surface area contributed by atoms with E-state index in [1.165, 1.54) is 0 Å². The zero-order chi connectivity index (χ0) is 13.0. The summed E-state index contributed by atoms with van der Waals surface area (Å²) in [6.45, 7) is 0.732. The third-order valence-electron chi connectivity index (χ3n) is 2.65. The van der Waals surface area contributed by atoms with Crippen LogP contribution in [0.25, 0.3) is 0 Å². The number of anilines is 2. The van der Waals surface area contributed by atoms with Gasteiger partial charge in [-0.05, 0) is 24.3 Å². The first-order valence-electron chi connectivity index (χ1n) is 5.71. The molecule has 2 aromatic rings. The molecule has 0 atom stereocenters. The summed E-state index contributed by atoms with van der Waals surface area (Å²) in [7, 11) is 1.89. The smallest absolute Gasteiger partial charge is 0.0992 e. The lowest BCUT2D eigenvalue weighted by Crippen LogP contribution is -2.07. The topological polar surface area (TPSA) is 79.7 Å². The van der Waals surface area contributed by atoms with E-state index >= 15 is 0 Å². The highest BCUT2D eigenvalue weighted by Crippen LogP contribution is 2.19. The molecule has 5 nitrogen and oxygen atoms in total. The van der Waals surface area contributed by atoms with E-state index in [2.05, 4.69) is 16.5 Å². The maximum Gasteiger partial charge on any atom is 0.0992 e. The van der Waals surface area contributed by atoms with Gasteiger partial charge in [0.2, 0.25) is 0 Å². The van der Waals surface area contributed by atoms with Crippen LogP contribution in [-0.4, -0.2) is 16.3 Å². The molecule has 1 aromatic carbocycles. The molecule has 5 heteroatoms. The zero-order valence-electron chi connectivity index (χ0n) is 10.2.